The van der Waals surface area contributed by atoms with Crippen LogP contribution in [0.3, 0.4) is 0 Å². The predicted octanol–water partition coefficient (Wildman–Crippen LogP) is 2.75. The summed E-state index contributed by atoms with van der Waals surface area (Å²) in [4.78, 5) is 0. The van der Waals surface area contributed by atoms with Crippen molar-refractivity contribution in [3.63, 3.8) is 0 Å². The van der Waals surface area contributed by atoms with Crippen LogP contribution in [0.4, 0.5) is 5.13 Å². The largest absolute Gasteiger partial charge is 0.357 e. The fourth-order valence-corrected chi connectivity index (χ4v) is 2.85. The second kappa shape index (κ2) is 4.94. The molecule has 14 heavy (non-hydrogen) atoms. The normalized spacial score (nSPS) is 27.5. The Bertz CT molecular complexity index is 265. The third-order valence-corrected chi connectivity index (χ3v) is 3.80. The number of nitrogens with zero attached hydrogens (tertiary/aromatic N) is 2. The average molecular weight is 232 g/mol. The van der Waals surface area contributed by atoms with Crippen molar-refractivity contribution in [2.75, 3.05) is 11.2 Å². The molecule has 0 amide bonds. The van der Waals surface area contributed by atoms with Crippen LogP contribution < -0.4 is 5.32 Å². The molecule has 0 spiro atoms. The summed E-state index contributed by atoms with van der Waals surface area (Å²) in [6.45, 7) is 0. The first kappa shape index (κ1) is 10.2. The minimum Gasteiger partial charge on any atom is -0.357 e. The Morgan fingerprint density at radius 1 is 1.50 bits per heavy atom. The Hall–Kier alpha value is -0.350. The van der Waals surface area contributed by atoms with E-state index in [0.717, 1.165) is 11.0 Å². The van der Waals surface area contributed by atoms with Gasteiger partial charge in [-0.2, -0.15) is 0 Å². The Morgan fingerprint density at radius 3 is 3.07 bits per heavy atom. The third-order valence-electron chi connectivity index (χ3n) is 2.78. The number of hydrogen-bond donors (Lipinski definition) is 1. The number of alkyl halides is 1. The van der Waals surface area contributed by atoms with E-state index in [1.54, 1.807) is 16.8 Å². The molecule has 2 unspecified atom stereocenters. The van der Waals surface area contributed by atoms with Crippen molar-refractivity contribution in [1.29, 1.82) is 0 Å². The lowest BCUT2D eigenvalue weighted by Crippen LogP contribution is -2.33. The number of hydrogen-bond acceptors (Lipinski definition) is 4. The summed E-state index contributed by atoms with van der Waals surface area (Å²) in [6.07, 6.45) is 5.05. The van der Waals surface area contributed by atoms with E-state index in [2.05, 4.69) is 15.5 Å². The molecule has 1 aliphatic carbocycles. The zero-order chi connectivity index (χ0) is 9.80. The number of rotatable bonds is 3. The molecular weight excluding hydrogens is 218 g/mol. The lowest BCUT2D eigenvalue weighted by molar-refractivity contribution is 0.353. The molecule has 5 heteroatoms. The molecule has 0 saturated heterocycles. The van der Waals surface area contributed by atoms with Gasteiger partial charge in [-0.15, -0.1) is 21.8 Å². The molecule has 78 valence electrons. The van der Waals surface area contributed by atoms with E-state index >= 15 is 0 Å². The zero-order valence-electron chi connectivity index (χ0n) is 7.95. The molecule has 0 aliphatic heterocycles. The van der Waals surface area contributed by atoms with Gasteiger partial charge in [0.05, 0.1) is 0 Å². The molecule has 3 nitrogen and oxygen atoms in total. The highest BCUT2D eigenvalue weighted by Crippen LogP contribution is 2.28. The van der Waals surface area contributed by atoms with Crippen molar-refractivity contribution in [2.45, 2.75) is 31.7 Å². The molecule has 1 fully saturated rings. The third kappa shape index (κ3) is 2.36. The molecule has 0 bridgehead atoms. The SMILES string of the molecule is ClCC1CCCCC1Nc1nncs1. The summed E-state index contributed by atoms with van der Waals surface area (Å²) in [5, 5.41) is 12.2. The molecular formula is C9H14ClN3S. The van der Waals surface area contributed by atoms with Crippen LogP contribution >= 0.6 is 22.9 Å². The number of halogens is 1. The van der Waals surface area contributed by atoms with Gasteiger partial charge in [0, 0.05) is 11.9 Å². The lowest BCUT2D eigenvalue weighted by Gasteiger charge is -2.30. The van der Waals surface area contributed by atoms with Crippen LogP contribution in [0.15, 0.2) is 5.51 Å². The highest BCUT2D eigenvalue weighted by atomic mass is 35.5. The van der Waals surface area contributed by atoms with Crippen LogP contribution in [-0.4, -0.2) is 22.1 Å². The molecule has 0 radical (unpaired) electrons. The van der Waals surface area contributed by atoms with Crippen LogP contribution in [-0.2, 0) is 0 Å². The molecule has 2 atom stereocenters. The van der Waals surface area contributed by atoms with Crippen molar-refractivity contribution in [3.05, 3.63) is 5.51 Å². The monoisotopic (exact) mass is 231 g/mol. The maximum atomic E-state index is 5.94. The summed E-state index contributed by atoms with van der Waals surface area (Å²) in [5.74, 6) is 1.34. The summed E-state index contributed by atoms with van der Waals surface area (Å²) in [7, 11) is 0. The van der Waals surface area contributed by atoms with Crippen molar-refractivity contribution in [3.8, 4) is 0 Å². The van der Waals surface area contributed by atoms with Crippen LogP contribution in [0.5, 0.6) is 0 Å². The van der Waals surface area contributed by atoms with E-state index in [1.165, 1.54) is 25.7 Å². The van der Waals surface area contributed by atoms with Gasteiger partial charge in [-0.1, -0.05) is 24.2 Å². The van der Waals surface area contributed by atoms with Gasteiger partial charge in [0.1, 0.15) is 5.51 Å². The highest BCUT2D eigenvalue weighted by Gasteiger charge is 2.24. The van der Waals surface area contributed by atoms with Crippen molar-refractivity contribution >= 4 is 28.1 Å². The van der Waals surface area contributed by atoms with Crippen molar-refractivity contribution in [2.24, 2.45) is 5.92 Å². The van der Waals surface area contributed by atoms with Crippen molar-refractivity contribution < 1.29 is 0 Å². The van der Waals surface area contributed by atoms with Gasteiger partial charge in [0.25, 0.3) is 0 Å². The second-order valence-corrected chi connectivity index (χ2v) is 4.84. The lowest BCUT2D eigenvalue weighted by atomic mass is 9.86. The number of aromatic nitrogens is 2. The topological polar surface area (TPSA) is 37.8 Å². The Labute approximate surface area is 92.9 Å². The maximum Gasteiger partial charge on any atom is 0.205 e. The van der Waals surface area contributed by atoms with Gasteiger partial charge in [0.15, 0.2) is 0 Å². The molecule has 1 N–H and O–H groups in total. The van der Waals surface area contributed by atoms with Crippen LogP contribution in [0, 0.1) is 5.92 Å². The van der Waals surface area contributed by atoms with E-state index in [0.29, 0.717) is 12.0 Å². The summed E-state index contributed by atoms with van der Waals surface area (Å²) in [6, 6.07) is 0.495. The van der Waals surface area contributed by atoms with Crippen molar-refractivity contribution in [1.82, 2.24) is 10.2 Å². The molecule has 1 saturated carbocycles. The Balaban J connectivity index is 1.94. The fourth-order valence-electron chi connectivity index (χ4n) is 1.98. The first-order chi connectivity index (χ1) is 6.90. The maximum absolute atomic E-state index is 5.94. The smallest absolute Gasteiger partial charge is 0.205 e. The van der Waals surface area contributed by atoms with Crippen LogP contribution in [0.25, 0.3) is 0 Å². The molecule has 2 rings (SSSR count). The van der Waals surface area contributed by atoms with E-state index in [4.69, 9.17) is 11.6 Å². The summed E-state index contributed by atoms with van der Waals surface area (Å²) in [5.41, 5.74) is 1.75. The van der Waals surface area contributed by atoms with Crippen LogP contribution in [0.1, 0.15) is 25.7 Å². The molecule has 1 aliphatic rings. The van der Waals surface area contributed by atoms with Gasteiger partial charge in [-0.05, 0) is 18.8 Å². The second-order valence-electron chi connectivity index (χ2n) is 3.69. The molecule has 0 aromatic carbocycles. The van der Waals surface area contributed by atoms with E-state index in [1.807, 2.05) is 0 Å². The van der Waals surface area contributed by atoms with Crippen LogP contribution in [0.2, 0.25) is 0 Å². The van der Waals surface area contributed by atoms with E-state index < -0.39 is 0 Å². The highest BCUT2D eigenvalue weighted by molar-refractivity contribution is 7.13. The molecule has 1 aromatic heterocycles. The zero-order valence-corrected chi connectivity index (χ0v) is 9.52. The Morgan fingerprint density at radius 2 is 2.36 bits per heavy atom. The van der Waals surface area contributed by atoms with Gasteiger partial charge in [-0.3, -0.25) is 0 Å². The molecule has 1 aromatic rings. The first-order valence-corrected chi connectivity index (χ1v) is 6.40. The van der Waals surface area contributed by atoms with E-state index in [-0.39, 0.29) is 0 Å². The van der Waals surface area contributed by atoms with Gasteiger partial charge >= 0.3 is 0 Å². The Kier molecular flexibility index (Phi) is 3.59. The standard InChI is InChI=1S/C9H14ClN3S/c10-5-7-3-1-2-4-8(7)12-9-13-11-6-14-9/h6-8H,1-5H2,(H,12,13). The fraction of sp³-hybridized carbons (Fsp3) is 0.778. The summed E-state index contributed by atoms with van der Waals surface area (Å²) < 4.78 is 0. The first-order valence-electron chi connectivity index (χ1n) is 4.99. The number of nitrogens with one attached hydrogen (secondary N) is 1. The minimum atomic E-state index is 0.495. The molecule has 1 heterocycles. The van der Waals surface area contributed by atoms with Gasteiger partial charge < -0.3 is 5.32 Å². The predicted molar refractivity (Wildman–Crippen MR) is 60.0 cm³/mol. The van der Waals surface area contributed by atoms with E-state index in [9.17, 15) is 0 Å². The quantitative estimate of drug-likeness (QED) is 0.813. The number of anilines is 1. The summed E-state index contributed by atoms with van der Waals surface area (Å²) >= 11 is 7.50. The van der Waals surface area contributed by atoms with Gasteiger partial charge in [-0.25, -0.2) is 0 Å². The minimum absolute atomic E-state index is 0.495. The average Bonchev–Trinajstić information content (AvgIpc) is 2.71. The van der Waals surface area contributed by atoms with Gasteiger partial charge in [0.2, 0.25) is 5.13 Å².